The highest BCUT2D eigenvalue weighted by Crippen LogP contribution is 2.32. The van der Waals surface area contributed by atoms with E-state index >= 15 is 0 Å². The van der Waals surface area contributed by atoms with Gasteiger partial charge in [-0.05, 0) is 18.9 Å². The summed E-state index contributed by atoms with van der Waals surface area (Å²) in [6.45, 7) is 0.818. The SMILES string of the molecule is c1ccc2c(-c3nnc(CNC4CC4)s3)coc2c1. The minimum Gasteiger partial charge on any atom is -0.464 e. The monoisotopic (exact) mass is 271 g/mol. The highest BCUT2D eigenvalue weighted by molar-refractivity contribution is 7.14. The van der Waals surface area contributed by atoms with E-state index in [2.05, 4.69) is 21.6 Å². The molecule has 4 nitrogen and oxygen atoms in total. The Balaban J connectivity index is 1.64. The van der Waals surface area contributed by atoms with E-state index in [0.717, 1.165) is 33.1 Å². The third-order valence-electron chi connectivity index (χ3n) is 3.30. The first-order chi connectivity index (χ1) is 9.40. The van der Waals surface area contributed by atoms with Gasteiger partial charge < -0.3 is 9.73 Å². The van der Waals surface area contributed by atoms with Crippen molar-refractivity contribution in [2.45, 2.75) is 25.4 Å². The van der Waals surface area contributed by atoms with Crippen molar-refractivity contribution >= 4 is 22.3 Å². The van der Waals surface area contributed by atoms with Crippen LogP contribution in [0.25, 0.3) is 21.5 Å². The molecule has 4 rings (SSSR count). The summed E-state index contributed by atoms with van der Waals surface area (Å²) >= 11 is 1.63. The highest BCUT2D eigenvalue weighted by Gasteiger charge is 2.21. The first kappa shape index (κ1) is 11.1. The summed E-state index contributed by atoms with van der Waals surface area (Å²) in [5, 5.41) is 15.0. The largest absolute Gasteiger partial charge is 0.464 e. The second-order valence-corrected chi connectivity index (χ2v) is 5.86. The van der Waals surface area contributed by atoms with Gasteiger partial charge in [0.2, 0.25) is 0 Å². The van der Waals surface area contributed by atoms with Crippen LogP contribution >= 0.6 is 11.3 Å². The lowest BCUT2D eigenvalue weighted by Crippen LogP contribution is -2.14. The Kier molecular flexibility index (Phi) is 2.60. The maximum Gasteiger partial charge on any atom is 0.151 e. The molecule has 1 aliphatic rings. The first-order valence-electron chi connectivity index (χ1n) is 6.42. The Hall–Kier alpha value is -1.72. The van der Waals surface area contributed by atoms with E-state index in [9.17, 15) is 0 Å². The topological polar surface area (TPSA) is 51.0 Å². The van der Waals surface area contributed by atoms with Crippen LogP contribution < -0.4 is 5.32 Å². The third kappa shape index (κ3) is 2.15. The van der Waals surface area contributed by atoms with E-state index in [0.29, 0.717) is 6.04 Å². The summed E-state index contributed by atoms with van der Waals surface area (Å²) in [4.78, 5) is 0. The summed E-state index contributed by atoms with van der Waals surface area (Å²) in [7, 11) is 0. The van der Waals surface area contributed by atoms with Gasteiger partial charge in [0.25, 0.3) is 0 Å². The van der Waals surface area contributed by atoms with E-state index in [1.807, 2.05) is 18.2 Å². The van der Waals surface area contributed by atoms with E-state index in [1.54, 1.807) is 17.6 Å². The number of aromatic nitrogens is 2. The third-order valence-corrected chi connectivity index (χ3v) is 4.25. The smallest absolute Gasteiger partial charge is 0.151 e. The molecule has 0 atom stereocenters. The molecule has 1 aliphatic carbocycles. The maximum atomic E-state index is 5.54. The number of nitrogens with one attached hydrogen (secondary N) is 1. The zero-order valence-electron chi connectivity index (χ0n) is 10.3. The number of furan rings is 1. The standard InChI is InChI=1S/C14H13N3OS/c1-2-4-12-10(3-1)11(8-18-12)14-17-16-13(19-14)7-15-9-5-6-9/h1-4,8-9,15H,5-7H2. The number of hydrogen-bond acceptors (Lipinski definition) is 5. The normalized spacial score (nSPS) is 15.2. The predicted octanol–water partition coefficient (Wildman–Crippen LogP) is 3.20. The molecule has 0 radical (unpaired) electrons. The van der Waals surface area contributed by atoms with Crippen LogP contribution in [0, 0.1) is 0 Å². The molecule has 0 unspecified atom stereocenters. The van der Waals surface area contributed by atoms with E-state index in [-0.39, 0.29) is 0 Å². The molecule has 0 amide bonds. The Morgan fingerprint density at radius 2 is 2.16 bits per heavy atom. The molecule has 1 fully saturated rings. The molecular formula is C14H13N3OS. The van der Waals surface area contributed by atoms with Gasteiger partial charge in [-0.2, -0.15) is 0 Å². The molecule has 3 aromatic rings. The lowest BCUT2D eigenvalue weighted by atomic mass is 10.2. The average Bonchev–Trinajstić information content (AvgIpc) is 3.00. The Morgan fingerprint density at radius 3 is 3.05 bits per heavy atom. The van der Waals surface area contributed by atoms with Crippen molar-refractivity contribution in [3.05, 3.63) is 35.5 Å². The Morgan fingerprint density at radius 1 is 1.26 bits per heavy atom. The molecule has 1 N–H and O–H groups in total. The average molecular weight is 271 g/mol. The molecule has 2 heterocycles. The molecule has 0 aliphatic heterocycles. The molecule has 1 aromatic carbocycles. The summed E-state index contributed by atoms with van der Waals surface area (Å²) in [5.74, 6) is 0. The van der Waals surface area contributed by atoms with Crippen molar-refractivity contribution in [1.29, 1.82) is 0 Å². The molecule has 2 aromatic heterocycles. The quantitative estimate of drug-likeness (QED) is 0.791. The number of nitrogens with zero attached hydrogens (tertiary/aromatic N) is 2. The van der Waals surface area contributed by atoms with Crippen molar-refractivity contribution in [2.24, 2.45) is 0 Å². The van der Waals surface area contributed by atoms with Crippen LogP contribution in [0.15, 0.2) is 34.9 Å². The molecule has 0 spiro atoms. The minimum atomic E-state index is 0.696. The van der Waals surface area contributed by atoms with E-state index in [4.69, 9.17) is 4.42 Å². The predicted molar refractivity (Wildman–Crippen MR) is 75.0 cm³/mol. The molecule has 5 heteroatoms. The van der Waals surface area contributed by atoms with Gasteiger partial charge in [0.1, 0.15) is 16.9 Å². The maximum absolute atomic E-state index is 5.54. The van der Waals surface area contributed by atoms with Gasteiger partial charge in [-0.3, -0.25) is 0 Å². The fourth-order valence-electron chi connectivity index (χ4n) is 2.10. The number of hydrogen-bond donors (Lipinski definition) is 1. The highest BCUT2D eigenvalue weighted by atomic mass is 32.1. The van der Waals surface area contributed by atoms with Gasteiger partial charge >= 0.3 is 0 Å². The van der Waals surface area contributed by atoms with Crippen LogP contribution in [0.4, 0.5) is 0 Å². The summed E-state index contributed by atoms with van der Waals surface area (Å²) in [5.41, 5.74) is 1.93. The number of para-hydroxylation sites is 1. The zero-order valence-corrected chi connectivity index (χ0v) is 11.1. The minimum absolute atomic E-state index is 0.696. The lowest BCUT2D eigenvalue weighted by molar-refractivity contribution is 0.617. The fourth-order valence-corrected chi connectivity index (χ4v) is 2.91. The van der Waals surface area contributed by atoms with E-state index < -0.39 is 0 Å². The zero-order chi connectivity index (χ0) is 12.7. The molecule has 0 saturated heterocycles. The Labute approximate surface area is 114 Å². The molecule has 0 bridgehead atoms. The van der Waals surface area contributed by atoms with Crippen LogP contribution in [0.1, 0.15) is 17.8 Å². The van der Waals surface area contributed by atoms with Crippen LogP contribution in [-0.2, 0) is 6.54 Å². The number of benzene rings is 1. The summed E-state index contributed by atoms with van der Waals surface area (Å²) in [6, 6.07) is 8.70. The van der Waals surface area contributed by atoms with E-state index in [1.165, 1.54) is 12.8 Å². The molecule has 96 valence electrons. The fraction of sp³-hybridized carbons (Fsp3) is 0.286. The van der Waals surface area contributed by atoms with Crippen molar-refractivity contribution in [1.82, 2.24) is 15.5 Å². The van der Waals surface area contributed by atoms with Crippen molar-refractivity contribution in [3.63, 3.8) is 0 Å². The van der Waals surface area contributed by atoms with Gasteiger partial charge in [0.05, 0.1) is 5.56 Å². The Bertz CT molecular complexity index is 714. The number of fused-ring (bicyclic) bond motifs is 1. The van der Waals surface area contributed by atoms with Crippen LogP contribution in [-0.4, -0.2) is 16.2 Å². The van der Waals surface area contributed by atoms with Gasteiger partial charge in [-0.15, -0.1) is 10.2 Å². The van der Waals surface area contributed by atoms with Crippen molar-refractivity contribution in [2.75, 3.05) is 0 Å². The van der Waals surface area contributed by atoms with Gasteiger partial charge in [-0.25, -0.2) is 0 Å². The molecule has 19 heavy (non-hydrogen) atoms. The lowest BCUT2D eigenvalue weighted by Gasteiger charge is -1.95. The molecular weight excluding hydrogens is 258 g/mol. The van der Waals surface area contributed by atoms with Crippen LogP contribution in [0.3, 0.4) is 0 Å². The summed E-state index contributed by atoms with van der Waals surface area (Å²) < 4.78 is 5.54. The second-order valence-electron chi connectivity index (χ2n) is 4.80. The van der Waals surface area contributed by atoms with Crippen molar-refractivity contribution < 1.29 is 4.42 Å². The van der Waals surface area contributed by atoms with Crippen LogP contribution in [0.5, 0.6) is 0 Å². The summed E-state index contributed by atoms with van der Waals surface area (Å²) in [6.07, 6.45) is 4.35. The van der Waals surface area contributed by atoms with Gasteiger partial charge in [0, 0.05) is 18.0 Å². The molecule has 1 saturated carbocycles. The van der Waals surface area contributed by atoms with Crippen LogP contribution in [0.2, 0.25) is 0 Å². The number of rotatable bonds is 4. The van der Waals surface area contributed by atoms with Crippen molar-refractivity contribution in [3.8, 4) is 10.6 Å². The first-order valence-corrected chi connectivity index (χ1v) is 7.24. The second kappa shape index (κ2) is 4.43. The van der Waals surface area contributed by atoms with Gasteiger partial charge in [-0.1, -0.05) is 29.5 Å². The van der Waals surface area contributed by atoms with Gasteiger partial charge in [0.15, 0.2) is 5.01 Å².